The number of hydrogen-bond donors (Lipinski definition) is 2. The van der Waals surface area contributed by atoms with Crippen molar-refractivity contribution in [2.24, 2.45) is 0 Å². The Morgan fingerprint density at radius 3 is 2.88 bits per heavy atom. The molecule has 0 saturated heterocycles. The van der Waals surface area contributed by atoms with Crippen molar-refractivity contribution in [2.75, 3.05) is 19.0 Å². The molecular formula is C17H18N4O4. The van der Waals surface area contributed by atoms with Crippen molar-refractivity contribution in [3.05, 3.63) is 54.3 Å². The van der Waals surface area contributed by atoms with Gasteiger partial charge in [0, 0.05) is 18.4 Å². The predicted octanol–water partition coefficient (Wildman–Crippen LogP) is 3.15. The third-order valence-electron chi connectivity index (χ3n) is 3.62. The second kappa shape index (κ2) is 7.63. The van der Waals surface area contributed by atoms with Crippen LogP contribution in [0.15, 0.2) is 51.8 Å². The van der Waals surface area contributed by atoms with Crippen LogP contribution < -0.4 is 10.6 Å². The first-order chi connectivity index (χ1) is 12.2. The maximum atomic E-state index is 12.4. The van der Waals surface area contributed by atoms with Gasteiger partial charge >= 0.3 is 6.03 Å². The maximum Gasteiger partial charge on any atom is 0.319 e. The van der Waals surface area contributed by atoms with E-state index in [-0.39, 0.29) is 12.1 Å². The van der Waals surface area contributed by atoms with Gasteiger partial charge in [-0.2, -0.15) is 0 Å². The molecule has 1 atom stereocenters. The van der Waals surface area contributed by atoms with Crippen molar-refractivity contribution < 1.29 is 18.4 Å². The van der Waals surface area contributed by atoms with E-state index in [4.69, 9.17) is 13.6 Å². The Labute approximate surface area is 144 Å². The average Bonchev–Trinajstić information content (AvgIpc) is 3.30. The highest BCUT2D eigenvalue weighted by Crippen LogP contribution is 2.24. The number of anilines is 1. The van der Waals surface area contributed by atoms with E-state index in [0.29, 0.717) is 23.9 Å². The van der Waals surface area contributed by atoms with E-state index in [1.165, 1.54) is 6.39 Å². The molecule has 0 aliphatic carbocycles. The molecule has 0 aliphatic heterocycles. The van der Waals surface area contributed by atoms with Gasteiger partial charge in [0.25, 0.3) is 0 Å². The Kier molecular flexibility index (Phi) is 5.10. The van der Waals surface area contributed by atoms with Gasteiger partial charge in [0.05, 0.1) is 12.9 Å². The van der Waals surface area contributed by atoms with E-state index in [9.17, 15) is 4.79 Å². The molecule has 2 N–H and O–H groups in total. The van der Waals surface area contributed by atoms with Crippen LogP contribution in [0.5, 0.6) is 0 Å². The van der Waals surface area contributed by atoms with Gasteiger partial charge in [-0.3, -0.25) is 0 Å². The number of urea groups is 1. The lowest BCUT2D eigenvalue weighted by Gasteiger charge is -2.17. The zero-order valence-electron chi connectivity index (χ0n) is 13.9. The van der Waals surface area contributed by atoms with E-state index in [1.54, 1.807) is 31.6 Å². The molecule has 1 aromatic carbocycles. The van der Waals surface area contributed by atoms with Gasteiger partial charge in [0.15, 0.2) is 0 Å². The summed E-state index contributed by atoms with van der Waals surface area (Å²) in [6.07, 6.45) is 2.81. The van der Waals surface area contributed by atoms with Crippen molar-refractivity contribution in [1.82, 2.24) is 15.5 Å². The van der Waals surface area contributed by atoms with Gasteiger partial charge in [-0.25, -0.2) is 4.79 Å². The van der Waals surface area contributed by atoms with Crippen LogP contribution in [0.4, 0.5) is 10.5 Å². The SMILES string of the molecule is COCC(NC(=O)Nc1cc(-c2nnco2)ccc1C)c1ccco1. The fourth-order valence-electron chi connectivity index (χ4n) is 2.36. The third-order valence-corrected chi connectivity index (χ3v) is 3.62. The van der Waals surface area contributed by atoms with E-state index in [1.807, 2.05) is 19.1 Å². The Hall–Kier alpha value is -3.13. The number of hydrogen-bond acceptors (Lipinski definition) is 6. The Morgan fingerprint density at radius 2 is 2.20 bits per heavy atom. The van der Waals surface area contributed by atoms with Crippen LogP contribution in [0.3, 0.4) is 0 Å². The van der Waals surface area contributed by atoms with Crippen molar-refractivity contribution in [3.8, 4) is 11.5 Å². The second-order valence-electron chi connectivity index (χ2n) is 5.40. The summed E-state index contributed by atoms with van der Waals surface area (Å²) in [6, 6.07) is 8.28. The summed E-state index contributed by atoms with van der Waals surface area (Å²) in [4.78, 5) is 12.4. The van der Waals surface area contributed by atoms with Crippen LogP contribution in [-0.2, 0) is 4.74 Å². The smallest absolute Gasteiger partial charge is 0.319 e. The van der Waals surface area contributed by atoms with Crippen molar-refractivity contribution in [1.29, 1.82) is 0 Å². The van der Waals surface area contributed by atoms with Crippen LogP contribution in [0.1, 0.15) is 17.4 Å². The van der Waals surface area contributed by atoms with Gasteiger partial charge < -0.3 is 24.2 Å². The number of furan rings is 1. The zero-order chi connectivity index (χ0) is 17.6. The molecular weight excluding hydrogens is 324 g/mol. The molecule has 2 aromatic heterocycles. The minimum atomic E-state index is -0.389. The average molecular weight is 342 g/mol. The predicted molar refractivity (Wildman–Crippen MR) is 90.0 cm³/mol. The highest BCUT2D eigenvalue weighted by Gasteiger charge is 2.18. The number of carbonyl (C=O) groups excluding carboxylic acids is 1. The molecule has 0 bridgehead atoms. The standard InChI is InChI=1S/C17H18N4O4/c1-11-5-6-12(16-21-18-10-25-16)8-13(11)19-17(22)20-14(9-23-2)15-4-3-7-24-15/h3-8,10,14H,9H2,1-2H3,(H2,19,20,22). The number of aryl methyl sites for hydroxylation is 1. The number of aromatic nitrogens is 2. The number of ether oxygens (including phenoxy) is 1. The highest BCUT2D eigenvalue weighted by molar-refractivity contribution is 5.91. The first-order valence-electron chi connectivity index (χ1n) is 7.64. The van der Waals surface area contributed by atoms with Crippen molar-refractivity contribution in [3.63, 3.8) is 0 Å². The summed E-state index contributed by atoms with van der Waals surface area (Å²) < 4.78 is 15.7. The molecule has 8 heteroatoms. The molecule has 25 heavy (non-hydrogen) atoms. The summed E-state index contributed by atoms with van der Waals surface area (Å²) >= 11 is 0. The largest absolute Gasteiger partial charge is 0.467 e. The van der Waals surface area contributed by atoms with E-state index in [2.05, 4.69) is 20.8 Å². The summed E-state index contributed by atoms with van der Waals surface area (Å²) in [5.74, 6) is 1.00. The highest BCUT2D eigenvalue weighted by atomic mass is 16.5. The Balaban J connectivity index is 1.73. The molecule has 8 nitrogen and oxygen atoms in total. The topological polar surface area (TPSA) is 102 Å². The summed E-state index contributed by atoms with van der Waals surface area (Å²) in [7, 11) is 1.56. The van der Waals surface area contributed by atoms with Gasteiger partial charge in [0.2, 0.25) is 12.3 Å². The number of carbonyl (C=O) groups is 1. The Morgan fingerprint density at radius 1 is 1.32 bits per heavy atom. The molecule has 130 valence electrons. The number of nitrogens with one attached hydrogen (secondary N) is 2. The van der Waals surface area contributed by atoms with Crippen molar-refractivity contribution in [2.45, 2.75) is 13.0 Å². The molecule has 3 rings (SSSR count). The second-order valence-corrected chi connectivity index (χ2v) is 5.40. The fourth-order valence-corrected chi connectivity index (χ4v) is 2.36. The summed E-state index contributed by atoms with van der Waals surface area (Å²) in [6.45, 7) is 2.19. The van der Waals surface area contributed by atoms with Crippen LogP contribution >= 0.6 is 0 Å². The Bertz CT molecular complexity index is 815. The monoisotopic (exact) mass is 342 g/mol. The van der Waals surface area contributed by atoms with Gasteiger partial charge in [-0.15, -0.1) is 10.2 Å². The summed E-state index contributed by atoms with van der Waals surface area (Å²) in [5, 5.41) is 13.2. The van der Waals surface area contributed by atoms with Gasteiger partial charge in [0.1, 0.15) is 11.8 Å². The lowest BCUT2D eigenvalue weighted by atomic mass is 10.1. The molecule has 0 radical (unpaired) electrons. The molecule has 0 saturated carbocycles. The molecule has 1 unspecified atom stereocenters. The van der Waals surface area contributed by atoms with Crippen LogP contribution in [0.25, 0.3) is 11.5 Å². The fraction of sp³-hybridized carbons (Fsp3) is 0.235. The van der Waals surface area contributed by atoms with Gasteiger partial charge in [-0.05, 0) is 36.8 Å². The lowest BCUT2D eigenvalue weighted by molar-refractivity contribution is 0.159. The van der Waals surface area contributed by atoms with Gasteiger partial charge in [-0.1, -0.05) is 6.07 Å². The van der Waals surface area contributed by atoms with Crippen molar-refractivity contribution >= 4 is 11.7 Å². The third kappa shape index (κ3) is 4.04. The molecule has 2 amide bonds. The molecule has 0 fully saturated rings. The molecule has 2 heterocycles. The number of amides is 2. The molecule has 0 aliphatic rings. The quantitative estimate of drug-likeness (QED) is 0.713. The van der Waals surface area contributed by atoms with Crippen LogP contribution in [-0.4, -0.2) is 29.9 Å². The van der Waals surface area contributed by atoms with E-state index in [0.717, 1.165) is 11.1 Å². The maximum absolute atomic E-state index is 12.4. The minimum absolute atomic E-state index is 0.294. The molecule has 3 aromatic rings. The first kappa shape index (κ1) is 16.7. The zero-order valence-corrected chi connectivity index (χ0v) is 13.9. The summed E-state index contributed by atoms with van der Waals surface area (Å²) in [5.41, 5.74) is 2.27. The minimum Gasteiger partial charge on any atom is -0.467 e. The number of rotatable bonds is 6. The number of methoxy groups -OCH3 is 1. The van der Waals surface area contributed by atoms with Crippen LogP contribution in [0, 0.1) is 6.92 Å². The van der Waals surface area contributed by atoms with E-state index < -0.39 is 0 Å². The van der Waals surface area contributed by atoms with E-state index >= 15 is 0 Å². The number of nitrogens with zero attached hydrogens (tertiary/aromatic N) is 2. The lowest BCUT2D eigenvalue weighted by Crippen LogP contribution is -2.34. The first-order valence-corrected chi connectivity index (χ1v) is 7.64. The number of benzene rings is 1. The van der Waals surface area contributed by atoms with Crippen LogP contribution in [0.2, 0.25) is 0 Å². The molecule has 0 spiro atoms. The normalized spacial score (nSPS) is 11.9.